The summed E-state index contributed by atoms with van der Waals surface area (Å²) in [7, 11) is -4.07. The van der Waals surface area contributed by atoms with Gasteiger partial charge in [0.25, 0.3) is 10.0 Å². The van der Waals surface area contributed by atoms with Crippen molar-refractivity contribution in [3.05, 3.63) is 93.0 Å². The predicted octanol–water partition coefficient (Wildman–Crippen LogP) is 5.08. The number of nitrogens with zero attached hydrogens (tertiary/aromatic N) is 2. The molecule has 0 heterocycles. The molecule has 1 atom stereocenters. The molecule has 0 saturated carbocycles. The van der Waals surface area contributed by atoms with Gasteiger partial charge in [0.05, 0.1) is 10.6 Å². The van der Waals surface area contributed by atoms with Crippen LogP contribution in [-0.2, 0) is 26.2 Å². The molecule has 0 radical (unpaired) electrons. The van der Waals surface area contributed by atoms with Crippen LogP contribution in [0.2, 0.25) is 5.02 Å². The Bertz CT molecular complexity index is 1320. The number of sulfonamides is 1. The first-order chi connectivity index (χ1) is 17.6. The second kappa shape index (κ2) is 13.3. The van der Waals surface area contributed by atoms with Crippen LogP contribution in [0.1, 0.15) is 25.8 Å². The summed E-state index contributed by atoms with van der Waals surface area (Å²) in [5.41, 5.74) is 1.08. The third-order valence-corrected chi connectivity index (χ3v) is 8.43. The molecule has 0 bridgehead atoms. The average Bonchev–Trinajstić information content (AvgIpc) is 2.89. The van der Waals surface area contributed by atoms with Crippen LogP contribution in [0.15, 0.2) is 83.8 Å². The quantitative estimate of drug-likeness (QED) is 0.293. The zero-order valence-electron chi connectivity index (χ0n) is 20.6. The lowest BCUT2D eigenvalue weighted by atomic mass is 10.1. The van der Waals surface area contributed by atoms with Crippen molar-refractivity contribution in [1.82, 2.24) is 10.2 Å². The molecule has 37 heavy (non-hydrogen) atoms. The standard InChI is InChI=1S/C27H29ClIN3O4S/c1-3-16-30-27(34)20(2)31(18-21-8-7-9-22(28)17-21)26(33)19-32(24-14-12-23(29)13-15-24)37(35,36)25-10-5-4-6-11-25/h4-15,17,20H,3,16,18-19H2,1-2H3,(H,30,34)/t20-/m0/s1. The van der Waals surface area contributed by atoms with Crippen molar-refractivity contribution in [2.75, 3.05) is 17.4 Å². The van der Waals surface area contributed by atoms with Gasteiger partial charge in [-0.1, -0.05) is 48.9 Å². The number of benzene rings is 3. The predicted molar refractivity (Wildman–Crippen MR) is 155 cm³/mol. The van der Waals surface area contributed by atoms with Crippen LogP contribution in [0.3, 0.4) is 0 Å². The first kappa shape index (κ1) is 28.9. The van der Waals surface area contributed by atoms with E-state index in [2.05, 4.69) is 27.9 Å². The van der Waals surface area contributed by atoms with Crippen LogP contribution in [0.5, 0.6) is 0 Å². The van der Waals surface area contributed by atoms with Crippen molar-refractivity contribution >= 4 is 61.7 Å². The fraction of sp³-hybridized carbons (Fsp3) is 0.259. The number of rotatable bonds is 11. The summed E-state index contributed by atoms with van der Waals surface area (Å²) in [6.45, 7) is 3.65. The molecule has 0 spiro atoms. The maximum absolute atomic E-state index is 13.8. The Morgan fingerprint density at radius 1 is 1.00 bits per heavy atom. The van der Waals surface area contributed by atoms with Gasteiger partial charge in [0, 0.05) is 21.7 Å². The van der Waals surface area contributed by atoms with E-state index >= 15 is 0 Å². The van der Waals surface area contributed by atoms with E-state index in [0.29, 0.717) is 17.3 Å². The van der Waals surface area contributed by atoms with Crippen LogP contribution in [0.25, 0.3) is 0 Å². The monoisotopic (exact) mass is 653 g/mol. The number of carbonyl (C=O) groups is 2. The molecule has 7 nitrogen and oxygen atoms in total. The third kappa shape index (κ3) is 7.68. The number of carbonyl (C=O) groups excluding carboxylic acids is 2. The topological polar surface area (TPSA) is 86.8 Å². The van der Waals surface area contributed by atoms with Crippen molar-refractivity contribution in [3.63, 3.8) is 0 Å². The Balaban J connectivity index is 2.00. The molecule has 10 heteroatoms. The molecule has 0 aliphatic rings. The minimum absolute atomic E-state index is 0.0662. The zero-order chi connectivity index (χ0) is 27.0. The maximum atomic E-state index is 13.8. The smallest absolute Gasteiger partial charge is 0.264 e. The molecule has 1 N–H and O–H groups in total. The average molecular weight is 654 g/mol. The normalized spacial score (nSPS) is 12.0. The summed E-state index contributed by atoms with van der Waals surface area (Å²) in [6.07, 6.45) is 0.747. The Kier molecular flexibility index (Phi) is 10.4. The lowest BCUT2D eigenvalue weighted by Gasteiger charge is -2.32. The third-order valence-electron chi connectivity index (χ3n) is 5.68. The van der Waals surface area contributed by atoms with E-state index in [0.717, 1.165) is 19.9 Å². The van der Waals surface area contributed by atoms with Gasteiger partial charge >= 0.3 is 0 Å². The summed E-state index contributed by atoms with van der Waals surface area (Å²) in [6, 6.07) is 21.0. The van der Waals surface area contributed by atoms with Gasteiger partial charge in [0.15, 0.2) is 0 Å². The molecule has 0 unspecified atom stereocenters. The van der Waals surface area contributed by atoms with Crippen LogP contribution in [0, 0.1) is 3.57 Å². The summed E-state index contributed by atoms with van der Waals surface area (Å²) < 4.78 is 29.4. The van der Waals surface area contributed by atoms with Gasteiger partial charge in [0.2, 0.25) is 11.8 Å². The highest BCUT2D eigenvalue weighted by Crippen LogP contribution is 2.25. The SMILES string of the molecule is CCCNC(=O)[C@H](C)N(Cc1cccc(Cl)c1)C(=O)CN(c1ccc(I)cc1)S(=O)(=O)c1ccccc1. The van der Waals surface area contributed by atoms with Gasteiger partial charge in [0.1, 0.15) is 12.6 Å². The van der Waals surface area contributed by atoms with E-state index in [1.807, 2.05) is 6.92 Å². The second-order valence-corrected chi connectivity index (χ2v) is 12.0. The van der Waals surface area contributed by atoms with E-state index in [9.17, 15) is 18.0 Å². The molecule has 0 aliphatic carbocycles. The minimum atomic E-state index is -4.07. The van der Waals surface area contributed by atoms with E-state index in [1.165, 1.54) is 17.0 Å². The minimum Gasteiger partial charge on any atom is -0.354 e. The Labute approximate surface area is 237 Å². The molecule has 196 valence electrons. The number of hydrogen-bond donors (Lipinski definition) is 1. The Morgan fingerprint density at radius 2 is 1.68 bits per heavy atom. The molecule has 2 amide bonds. The van der Waals surface area contributed by atoms with Gasteiger partial charge in [-0.25, -0.2) is 8.42 Å². The molecule has 3 aromatic rings. The summed E-state index contributed by atoms with van der Waals surface area (Å²) in [5, 5.41) is 3.32. The highest BCUT2D eigenvalue weighted by atomic mass is 127. The van der Waals surface area contributed by atoms with Crippen molar-refractivity contribution in [2.45, 2.75) is 37.8 Å². The van der Waals surface area contributed by atoms with Crippen molar-refractivity contribution < 1.29 is 18.0 Å². The van der Waals surface area contributed by atoms with Crippen molar-refractivity contribution in [3.8, 4) is 0 Å². The summed E-state index contributed by atoms with van der Waals surface area (Å²) in [4.78, 5) is 28.1. The van der Waals surface area contributed by atoms with Crippen molar-refractivity contribution in [1.29, 1.82) is 0 Å². The van der Waals surface area contributed by atoms with Crippen LogP contribution in [0.4, 0.5) is 5.69 Å². The molecule has 0 fully saturated rings. The zero-order valence-corrected chi connectivity index (χ0v) is 24.3. The molecule has 0 saturated heterocycles. The largest absolute Gasteiger partial charge is 0.354 e. The first-order valence-electron chi connectivity index (χ1n) is 11.8. The van der Waals surface area contributed by atoms with Gasteiger partial charge in [-0.3, -0.25) is 13.9 Å². The summed E-state index contributed by atoms with van der Waals surface area (Å²) >= 11 is 8.28. The molecule has 0 aliphatic heterocycles. The van der Waals surface area contributed by atoms with Crippen LogP contribution >= 0.6 is 34.2 Å². The number of amides is 2. The molecule has 3 aromatic carbocycles. The maximum Gasteiger partial charge on any atom is 0.264 e. The second-order valence-electron chi connectivity index (χ2n) is 8.42. The highest BCUT2D eigenvalue weighted by molar-refractivity contribution is 14.1. The fourth-order valence-corrected chi connectivity index (χ4v) is 5.67. The van der Waals surface area contributed by atoms with Crippen LogP contribution in [-0.4, -0.2) is 44.3 Å². The van der Waals surface area contributed by atoms with Gasteiger partial charge < -0.3 is 10.2 Å². The summed E-state index contributed by atoms with van der Waals surface area (Å²) in [5.74, 6) is -0.832. The number of hydrogen-bond acceptors (Lipinski definition) is 4. The number of anilines is 1. The molecular weight excluding hydrogens is 625 g/mol. The molecular formula is C27H29ClIN3O4S. The van der Waals surface area contributed by atoms with Crippen molar-refractivity contribution in [2.24, 2.45) is 0 Å². The Morgan fingerprint density at radius 3 is 2.30 bits per heavy atom. The molecule has 0 aromatic heterocycles. The first-order valence-corrected chi connectivity index (χ1v) is 14.7. The lowest BCUT2D eigenvalue weighted by molar-refractivity contribution is -0.139. The number of nitrogens with one attached hydrogen (secondary N) is 1. The van der Waals surface area contributed by atoms with E-state index in [-0.39, 0.29) is 17.3 Å². The van der Waals surface area contributed by atoms with Crippen LogP contribution < -0.4 is 9.62 Å². The van der Waals surface area contributed by atoms with E-state index in [1.54, 1.807) is 73.7 Å². The molecule has 3 rings (SSSR count). The van der Waals surface area contributed by atoms with Gasteiger partial charge in [-0.2, -0.15) is 0 Å². The highest BCUT2D eigenvalue weighted by Gasteiger charge is 2.32. The lowest BCUT2D eigenvalue weighted by Crippen LogP contribution is -2.51. The van der Waals surface area contributed by atoms with E-state index in [4.69, 9.17) is 11.6 Å². The number of halogens is 2. The fourth-order valence-electron chi connectivity index (χ4n) is 3.67. The van der Waals surface area contributed by atoms with E-state index < -0.39 is 28.5 Å². The van der Waals surface area contributed by atoms with Gasteiger partial charge in [-0.05, 0) is 90.0 Å². The Hall–Kier alpha value is -2.63. The van der Waals surface area contributed by atoms with Gasteiger partial charge in [-0.15, -0.1) is 0 Å².